The predicted octanol–water partition coefficient (Wildman–Crippen LogP) is 2.61. The van der Waals surface area contributed by atoms with Crippen molar-refractivity contribution in [1.82, 2.24) is 4.90 Å². The molecular weight excluding hydrogens is 254 g/mol. The molecule has 1 unspecified atom stereocenters. The summed E-state index contributed by atoms with van der Waals surface area (Å²) in [6.07, 6.45) is 7.38. The molecule has 2 fully saturated rings. The van der Waals surface area contributed by atoms with Crippen molar-refractivity contribution < 1.29 is 14.3 Å². The molecule has 4 nitrogen and oxygen atoms in total. The van der Waals surface area contributed by atoms with Gasteiger partial charge in [-0.2, -0.15) is 0 Å². The van der Waals surface area contributed by atoms with Crippen LogP contribution in [0.4, 0.5) is 0 Å². The van der Waals surface area contributed by atoms with Crippen LogP contribution in [0.1, 0.15) is 52.4 Å². The highest BCUT2D eigenvalue weighted by Crippen LogP contribution is 2.25. The number of hydrogen-bond acceptors (Lipinski definition) is 3. The molecule has 0 bridgehead atoms. The molecule has 2 rings (SSSR count). The Morgan fingerprint density at radius 3 is 2.60 bits per heavy atom. The zero-order valence-corrected chi connectivity index (χ0v) is 13.0. The summed E-state index contributed by atoms with van der Waals surface area (Å²) in [6.45, 7) is 6.86. The molecule has 0 N–H and O–H groups in total. The molecule has 116 valence electrons. The number of amides is 1. The Morgan fingerprint density at radius 2 is 2.00 bits per heavy atom. The van der Waals surface area contributed by atoms with Crippen molar-refractivity contribution in [1.29, 1.82) is 0 Å². The number of likely N-dealkylation sites (N-methyl/N-ethyl adjacent to an activating group) is 1. The number of ether oxygens (including phenoxy) is 2. The van der Waals surface area contributed by atoms with Gasteiger partial charge in [-0.25, -0.2) is 0 Å². The molecule has 1 amide bonds. The molecule has 20 heavy (non-hydrogen) atoms. The quantitative estimate of drug-likeness (QED) is 0.752. The van der Waals surface area contributed by atoms with Crippen LogP contribution < -0.4 is 0 Å². The SMILES string of the molecule is CCN(CC1CCCO1)C(=O)COC1CCC(C)CC1. The molecule has 1 saturated heterocycles. The van der Waals surface area contributed by atoms with Gasteiger partial charge in [-0.3, -0.25) is 4.79 Å². The molecule has 1 atom stereocenters. The van der Waals surface area contributed by atoms with Crippen molar-refractivity contribution >= 4 is 5.91 Å². The second-order valence-corrected chi connectivity index (χ2v) is 6.26. The van der Waals surface area contributed by atoms with E-state index in [1.54, 1.807) is 0 Å². The van der Waals surface area contributed by atoms with Crippen LogP contribution in [0, 0.1) is 5.92 Å². The molecule has 0 aromatic carbocycles. The first kappa shape index (κ1) is 15.8. The molecule has 1 saturated carbocycles. The van der Waals surface area contributed by atoms with Gasteiger partial charge in [0.05, 0.1) is 12.2 Å². The van der Waals surface area contributed by atoms with E-state index in [9.17, 15) is 4.79 Å². The minimum absolute atomic E-state index is 0.113. The van der Waals surface area contributed by atoms with E-state index in [0.29, 0.717) is 0 Å². The fraction of sp³-hybridized carbons (Fsp3) is 0.938. The van der Waals surface area contributed by atoms with Crippen LogP contribution in [-0.4, -0.2) is 49.3 Å². The highest BCUT2D eigenvalue weighted by Gasteiger charge is 2.23. The van der Waals surface area contributed by atoms with E-state index in [1.807, 2.05) is 11.8 Å². The average Bonchev–Trinajstić information content (AvgIpc) is 2.97. The topological polar surface area (TPSA) is 38.8 Å². The van der Waals surface area contributed by atoms with Crippen LogP contribution >= 0.6 is 0 Å². The van der Waals surface area contributed by atoms with Gasteiger partial charge in [-0.05, 0) is 51.4 Å². The highest BCUT2D eigenvalue weighted by molar-refractivity contribution is 5.77. The van der Waals surface area contributed by atoms with E-state index in [2.05, 4.69) is 6.92 Å². The second kappa shape index (κ2) is 7.99. The Labute approximate surface area is 122 Å². The van der Waals surface area contributed by atoms with E-state index < -0.39 is 0 Å². The third kappa shape index (κ3) is 4.74. The second-order valence-electron chi connectivity index (χ2n) is 6.26. The van der Waals surface area contributed by atoms with Crippen molar-refractivity contribution in [3.63, 3.8) is 0 Å². The van der Waals surface area contributed by atoms with Crippen LogP contribution in [0.2, 0.25) is 0 Å². The summed E-state index contributed by atoms with van der Waals surface area (Å²) in [5.41, 5.74) is 0. The maximum Gasteiger partial charge on any atom is 0.248 e. The highest BCUT2D eigenvalue weighted by atomic mass is 16.5. The van der Waals surface area contributed by atoms with Crippen LogP contribution in [-0.2, 0) is 14.3 Å². The molecule has 4 heteroatoms. The van der Waals surface area contributed by atoms with E-state index >= 15 is 0 Å². The Balaban J connectivity index is 1.68. The zero-order chi connectivity index (χ0) is 14.4. The van der Waals surface area contributed by atoms with Crippen molar-refractivity contribution in [3.8, 4) is 0 Å². The van der Waals surface area contributed by atoms with Crippen molar-refractivity contribution in [3.05, 3.63) is 0 Å². The largest absolute Gasteiger partial charge is 0.376 e. The molecule has 0 radical (unpaired) electrons. The van der Waals surface area contributed by atoms with E-state index in [1.165, 1.54) is 12.8 Å². The predicted molar refractivity (Wildman–Crippen MR) is 78.6 cm³/mol. The van der Waals surface area contributed by atoms with Crippen molar-refractivity contribution in [2.75, 3.05) is 26.3 Å². The summed E-state index contributed by atoms with van der Waals surface area (Å²) in [5.74, 6) is 0.929. The standard InChI is InChI=1S/C16H29NO3/c1-3-17(11-15-5-4-10-19-15)16(18)12-20-14-8-6-13(2)7-9-14/h13-15H,3-12H2,1-2H3. The Bertz CT molecular complexity index is 294. The zero-order valence-electron chi connectivity index (χ0n) is 13.0. The summed E-state index contributed by atoms with van der Waals surface area (Å²) in [7, 11) is 0. The lowest BCUT2D eigenvalue weighted by molar-refractivity contribution is -0.140. The first-order chi connectivity index (χ1) is 9.69. The van der Waals surface area contributed by atoms with Gasteiger partial charge < -0.3 is 14.4 Å². The minimum atomic E-state index is 0.113. The Hall–Kier alpha value is -0.610. The maximum absolute atomic E-state index is 12.2. The number of rotatable bonds is 6. The van der Waals surface area contributed by atoms with Gasteiger partial charge in [0.15, 0.2) is 0 Å². The fourth-order valence-electron chi connectivity index (χ4n) is 3.12. The first-order valence-electron chi connectivity index (χ1n) is 8.20. The van der Waals surface area contributed by atoms with Gasteiger partial charge >= 0.3 is 0 Å². The molecule has 0 aromatic heterocycles. The summed E-state index contributed by atoms with van der Waals surface area (Å²) < 4.78 is 11.4. The number of carbonyl (C=O) groups is 1. The fourth-order valence-corrected chi connectivity index (χ4v) is 3.12. The average molecular weight is 283 g/mol. The molecular formula is C16H29NO3. The number of nitrogens with zero attached hydrogens (tertiary/aromatic N) is 1. The lowest BCUT2D eigenvalue weighted by Crippen LogP contribution is -2.40. The molecule has 1 aliphatic heterocycles. The van der Waals surface area contributed by atoms with Gasteiger partial charge in [0, 0.05) is 19.7 Å². The Kier molecular flexibility index (Phi) is 6.30. The smallest absolute Gasteiger partial charge is 0.248 e. The van der Waals surface area contributed by atoms with E-state index in [0.717, 1.165) is 51.3 Å². The lowest BCUT2D eigenvalue weighted by Gasteiger charge is -2.28. The van der Waals surface area contributed by atoms with Gasteiger partial charge in [0.1, 0.15) is 6.61 Å². The number of hydrogen-bond donors (Lipinski definition) is 0. The summed E-state index contributed by atoms with van der Waals surface area (Å²) in [5, 5.41) is 0. The normalized spacial score (nSPS) is 30.4. The lowest BCUT2D eigenvalue weighted by atomic mass is 9.89. The van der Waals surface area contributed by atoms with E-state index in [4.69, 9.17) is 9.47 Å². The maximum atomic E-state index is 12.2. The summed E-state index contributed by atoms with van der Waals surface area (Å²) in [4.78, 5) is 14.1. The Morgan fingerprint density at radius 1 is 1.25 bits per heavy atom. The van der Waals surface area contributed by atoms with Gasteiger partial charge in [-0.15, -0.1) is 0 Å². The van der Waals surface area contributed by atoms with Crippen LogP contribution in [0.5, 0.6) is 0 Å². The van der Waals surface area contributed by atoms with Crippen LogP contribution in [0.15, 0.2) is 0 Å². The first-order valence-corrected chi connectivity index (χ1v) is 8.20. The van der Waals surface area contributed by atoms with Gasteiger partial charge in [0.2, 0.25) is 5.91 Å². The molecule has 1 heterocycles. The molecule has 0 aromatic rings. The molecule has 2 aliphatic rings. The van der Waals surface area contributed by atoms with E-state index in [-0.39, 0.29) is 24.7 Å². The van der Waals surface area contributed by atoms with Crippen LogP contribution in [0.25, 0.3) is 0 Å². The van der Waals surface area contributed by atoms with Crippen LogP contribution in [0.3, 0.4) is 0 Å². The molecule has 0 spiro atoms. The van der Waals surface area contributed by atoms with Crippen molar-refractivity contribution in [2.24, 2.45) is 5.92 Å². The third-order valence-corrected chi connectivity index (χ3v) is 4.59. The molecule has 1 aliphatic carbocycles. The monoisotopic (exact) mass is 283 g/mol. The minimum Gasteiger partial charge on any atom is -0.376 e. The summed E-state index contributed by atoms with van der Waals surface area (Å²) >= 11 is 0. The van der Waals surface area contributed by atoms with Crippen molar-refractivity contribution in [2.45, 2.75) is 64.6 Å². The van der Waals surface area contributed by atoms with Gasteiger partial charge in [-0.1, -0.05) is 6.92 Å². The summed E-state index contributed by atoms with van der Waals surface area (Å²) in [6, 6.07) is 0. The number of carbonyl (C=O) groups excluding carboxylic acids is 1. The third-order valence-electron chi connectivity index (χ3n) is 4.59. The van der Waals surface area contributed by atoms with Gasteiger partial charge in [0.25, 0.3) is 0 Å².